The minimum Gasteiger partial charge on any atom is -0.480 e. The number of benzene rings is 3. The molecule has 2 aliphatic rings. The Hall–Kier alpha value is -3.16. The standard InChI is InChI=1S/C28H26N2O3S2/c31-26(29(28(34)35)17-27(32)33)15-13-18-12-14-25-22(16-18)21-9-3-4-10-24(21)30(25)23-11-5-7-19-6-1-2-8-20(19)23/h1-2,5-8,11-16,21,24H,3-4,9-10,17H2,(H,32,33)(H,34,35)/b15-13+. The van der Waals surface area contributed by atoms with Crippen molar-refractivity contribution in [1.29, 1.82) is 0 Å². The fraction of sp³-hybridized carbons (Fsp3) is 0.250. The van der Waals surface area contributed by atoms with Gasteiger partial charge in [0, 0.05) is 34.8 Å². The number of carboxylic acids is 1. The SMILES string of the molecule is O=C(O)CN(C(=O)/C=C/c1ccc2c(c1)C1CCCCC1N2c1cccc2ccccc12)C(=S)S. The minimum atomic E-state index is -1.14. The van der Waals surface area contributed by atoms with Gasteiger partial charge in [0.15, 0.2) is 0 Å². The Morgan fingerprint density at radius 3 is 2.63 bits per heavy atom. The molecule has 1 fully saturated rings. The van der Waals surface area contributed by atoms with Crippen LogP contribution in [0.1, 0.15) is 42.7 Å². The van der Waals surface area contributed by atoms with E-state index >= 15 is 0 Å². The molecule has 3 aromatic carbocycles. The Morgan fingerprint density at radius 2 is 1.83 bits per heavy atom. The summed E-state index contributed by atoms with van der Waals surface area (Å²) >= 11 is 8.93. The molecule has 1 saturated carbocycles. The second-order valence-electron chi connectivity index (χ2n) is 9.08. The lowest BCUT2D eigenvalue weighted by Crippen LogP contribution is -2.36. The van der Waals surface area contributed by atoms with Crippen molar-refractivity contribution in [2.75, 3.05) is 11.4 Å². The summed E-state index contributed by atoms with van der Waals surface area (Å²) in [5.74, 6) is -1.20. The maximum absolute atomic E-state index is 12.5. The predicted molar refractivity (Wildman–Crippen MR) is 147 cm³/mol. The lowest BCUT2D eigenvalue weighted by Gasteiger charge is -2.34. The van der Waals surface area contributed by atoms with Crippen molar-refractivity contribution in [3.8, 4) is 0 Å². The van der Waals surface area contributed by atoms with E-state index in [1.165, 1.54) is 46.6 Å². The zero-order valence-corrected chi connectivity index (χ0v) is 20.8. The van der Waals surface area contributed by atoms with E-state index in [0.717, 1.165) is 23.3 Å². The number of carboxylic acid groups (broad SMARTS) is 1. The molecule has 2 unspecified atom stereocenters. The van der Waals surface area contributed by atoms with Crippen LogP contribution in [0.3, 0.4) is 0 Å². The second kappa shape index (κ2) is 9.84. The molecular formula is C28H26N2O3S2. The van der Waals surface area contributed by atoms with Gasteiger partial charge in [-0.2, -0.15) is 0 Å². The van der Waals surface area contributed by atoms with E-state index < -0.39 is 18.4 Å². The summed E-state index contributed by atoms with van der Waals surface area (Å²) in [6.07, 6.45) is 7.82. The molecule has 178 valence electrons. The number of carbonyl (C=O) groups excluding carboxylic acids is 1. The van der Waals surface area contributed by atoms with Crippen LogP contribution in [0.4, 0.5) is 11.4 Å². The van der Waals surface area contributed by atoms with Crippen LogP contribution < -0.4 is 4.90 Å². The van der Waals surface area contributed by atoms with Crippen LogP contribution in [0.15, 0.2) is 66.7 Å². The van der Waals surface area contributed by atoms with Gasteiger partial charge in [0.05, 0.1) is 0 Å². The Balaban J connectivity index is 1.50. The van der Waals surface area contributed by atoms with Gasteiger partial charge in [-0.05, 0) is 53.6 Å². The molecule has 5 nitrogen and oxygen atoms in total. The van der Waals surface area contributed by atoms with Gasteiger partial charge in [0.25, 0.3) is 5.91 Å². The topological polar surface area (TPSA) is 60.9 Å². The molecule has 0 saturated heterocycles. The van der Waals surface area contributed by atoms with E-state index in [9.17, 15) is 9.59 Å². The molecule has 1 aliphatic carbocycles. The van der Waals surface area contributed by atoms with E-state index in [1.807, 2.05) is 6.07 Å². The van der Waals surface area contributed by atoms with Crippen molar-refractivity contribution in [2.24, 2.45) is 0 Å². The van der Waals surface area contributed by atoms with E-state index in [0.29, 0.717) is 12.0 Å². The number of carbonyl (C=O) groups is 2. The van der Waals surface area contributed by atoms with Crippen molar-refractivity contribution in [2.45, 2.75) is 37.6 Å². The molecule has 1 heterocycles. The number of fused-ring (bicyclic) bond motifs is 4. The van der Waals surface area contributed by atoms with Gasteiger partial charge in [-0.15, -0.1) is 12.6 Å². The quantitative estimate of drug-likeness (QED) is 0.249. The summed E-state index contributed by atoms with van der Waals surface area (Å²) in [4.78, 5) is 27.1. The fourth-order valence-corrected chi connectivity index (χ4v) is 5.84. The third-order valence-electron chi connectivity index (χ3n) is 7.01. The lowest BCUT2D eigenvalue weighted by atomic mass is 9.82. The Bertz CT molecular complexity index is 1350. The summed E-state index contributed by atoms with van der Waals surface area (Å²) in [7, 11) is 0. The maximum atomic E-state index is 12.5. The fourth-order valence-electron chi connectivity index (χ4n) is 5.51. The van der Waals surface area contributed by atoms with Gasteiger partial charge in [-0.25, -0.2) is 0 Å². The Labute approximate surface area is 215 Å². The predicted octanol–water partition coefficient (Wildman–Crippen LogP) is 6.16. The molecule has 0 aromatic heterocycles. The molecular weight excluding hydrogens is 476 g/mol. The number of hydrogen-bond acceptors (Lipinski definition) is 4. The van der Waals surface area contributed by atoms with Gasteiger partial charge in [-0.3, -0.25) is 14.5 Å². The molecule has 3 aromatic rings. The van der Waals surface area contributed by atoms with Crippen LogP contribution in [0, 0.1) is 0 Å². The largest absolute Gasteiger partial charge is 0.480 e. The smallest absolute Gasteiger partial charge is 0.323 e. The molecule has 5 rings (SSSR count). The van der Waals surface area contributed by atoms with Gasteiger partial charge in [-0.1, -0.05) is 67.5 Å². The number of amides is 1. The summed E-state index contributed by atoms with van der Waals surface area (Å²) in [5, 5.41) is 11.5. The first-order chi connectivity index (χ1) is 16.9. The average Bonchev–Trinajstić information content (AvgIpc) is 3.19. The van der Waals surface area contributed by atoms with Gasteiger partial charge < -0.3 is 10.0 Å². The van der Waals surface area contributed by atoms with E-state index in [1.54, 1.807) is 6.08 Å². The summed E-state index contributed by atoms with van der Waals surface area (Å²) in [6, 6.07) is 21.8. The van der Waals surface area contributed by atoms with Crippen molar-refractivity contribution >= 4 is 69.3 Å². The number of thiol groups is 1. The highest BCUT2D eigenvalue weighted by atomic mass is 32.1. The number of rotatable bonds is 5. The first-order valence-corrected chi connectivity index (χ1v) is 12.6. The number of anilines is 2. The van der Waals surface area contributed by atoms with Crippen molar-refractivity contribution < 1.29 is 14.7 Å². The Morgan fingerprint density at radius 1 is 1.06 bits per heavy atom. The van der Waals surface area contributed by atoms with Crippen molar-refractivity contribution in [1.82, 2.24) is 4.90 Å². The van der Waals surface area contributed by atoms with Crippen molar-refractivity contribution in [3.05, 3.63) is 77.9 Å². The zero-order chi connectivity index (χ0) is 24.5. The summed E-state index contributed by atoms with van der Waals surface area (Å²) in [6.45, 7) is -0.514. The first kappa shape index (κ1) is 23.6. The van der Waals surface area contributed by atoms with Crippen LogP contribution in [-0.4, -0.2) is 38.8 Å². The lowest BCUT2D eigenvalue weighted by molar-refractivity contribution is -0.140. The molecule has 7 heteroatoms. The van der Waals surface area contributed by atoms with Crippen LogP contribution in [0.25, 0.3) is 16.8 Å². The first-order valence-electron chi connectivity index (χ1n) is 11.8. The monoisotopic (exact) mass is 502 g/mol. The van der Waals surface area contributed by atoms with E-state index in [-0.39, 0.29) is 4.32 Å². The third kappa shape index (κ3) is 4.58. The highest BCUT2D eigenvalue weighted by Crippen LogP contribution is 2.52. The second-order valence-corrected chi connectivity index (χ2v) is 10.2. The molecule has 1 aliphatic heterocycles. The van der Waals surface area contributed by atoms with Gasteiger partial charge in [0.1, 0.15) is 10.9 Å². The highest BCUT2D eigenvalue weighted by molar-refractivity contribution is 8.11. The van der Waals surface area contributed by atoms with E-state index in [2.05, 4.69) is 72.1 Å². The van der Waals surface area contributed by atoms with Gasteiger partial charge >= 0.3 is 5.97 Å². The van der Waals surface area contributed by atoms with Crippen LogP contribution in [0.2, 0.25) is 0 Å². The van der Waals surface area contributed by atoms with E-state index in [4.69, 9.17) is 17.3 Å². The molecule has 35 heavy (non-hydrogen) atoms. The highest BCUT2D eigenvalue weighted by Gasteiger charge is 2.40. The molecule has 1 amide bonds. The molecule has 0 radical (unpaired) electrons. The number of hydrogen-bond donors (Lipinski definition) is 2. The molecule has 1 N–H and O–H groups in total. The summed E-state index contributed by atoms with van der Waals surface area (Å²) < 4.78 is -0.0632. The van der Waals surface area contributed by atoms with Crippen molar-refractivity contribution in [3.63, 3.8) is 0 Å². The maximum Gasteiger partial charge on any atom is 0.323 e. The molecule has 0 bridgehead atoms. The third-order valence-corrected chi connectivity index (χ3v) is 7.47. The van der Waals surface area contributed by atoms with Crippen LogP contribution in [-0.2, 0) is 9.59 Å². The number of aliphatic carboxylic acids is 1. The van der Waals surface area contributed by atoms with Crippen LogP contribution in [0.5, 0.6) is 0 Å². The summed E-state index contributed by atoms with van der Waals surface area (Å²) in [5.41, 5.74) is 4.68. The number of thiocarbonyl (C=S) groups is 1. The normalized spacial score (nSPS) is 18.9. The minimum absolute atomic E-state index is 0.0632. The van der Waals surface area contributed by atoms with Crippen LogP contribution >= 0.6 is 24.8 Å². The zero-order valence-electron chi connectivity index (χ0n) is 19.1. The molecule has 2 atom stereocenters. The van der Waals surface area contributed by atoms with Gasteiger partial charge in [0.2, 0.25) is 0 Å². The number of nitrogens with zero attached hydrogens (tertiary/aromatic N) is 2. The Kier molecular flexibility index (Phi) is 6.62. The molecule has 0 spiro atoms. The average molecular weight is 503 g/mol.